The van der Waals surface area contributed by atoms with E-state index >= 15 is 0 Å². The summed E-state index contributed by atoms with van der Waals surface area (Å²) in [7, 11) is 1.93. The maximum atomic E-state index is 10.9. The van der Waals surface area contributed by atoms with Crippen LogP contribution in [0.1, 0.15) is 6.42 Å². The average Bonchev–Trinajstić information content (AvgIpc) is 3.06. The van der Waals surface area contributed by atoms with Crippen LogP contribution >= 0.6 is 0 Å². The maximum absolute atomic E-state index is 10.9. The smallest absolute Gasteiger partial charge is 0.300 e. The number of nitro benzene ring substituents is 1. The van der Waals surface area contributed by atoms with E-state index in [0.29, 0.717) is 11.6 Å². The minimum absolute atomic E-state index is 0.0793. The van der Waals surface area contributed by atoms with Gasteiger partial charge in [0.25, 0.3) is 0 Å². The van der Waals surface area contributed by atoms with Gasteiger partial charge in [0.1, 0.15) is 0 Å². The molecule has 1 aromatic carbocycles. The van der Waals surface area contributed by atoms with Gasteiger partial charge in [-0.25, -0.2) is 4.63 Å². The average molecular weight is 263 g/mol. The van der Waals surface area contributed by atoms with E-state index in [-0.39, 0.29) is 11.2 Å². The van der Waals surface area contributed by atoms with Crippen molar-refractivity contribution in [3.63, 3.8) is 0 Å². The van der Waals surface area contributed by atoms with Crippen molar-refractivity contribution in [1.29, 1.82) is 0 Å². The van der Waals surface area contributed by atoms with E-state index in [0.717, 1.165) is 25.2 Å². The SMILES string of the molecule is CNC1CCN(c2ccc([N+](=O)[O-])c3nonc23)C1. The quantitative estimate of drug-likeness (QED) is 0.649. The molecule has 3 rings (SSSR count). The van der Waals surface area contributed by atoms with Crippen LogP contribution in [0.5, 0.6) is 0 Å². The molecule has 0 saturated carbocycles. The highest BCUT2D eigenvalue weighted by atomic mass is 16.6. The molecule has 19 heavy (non-hydrogen) atoms. The number of rotatable bonds is 3. The molecule has 1 atom stereocenters. The third kappa shape index (κ3) is 1.89. The Morgan fingerprint density at radius 2 is 2.26 bits per heavy atom. The standard InChI is InChI=1S/C11H13N5O3/c1-12-7-4-5-15(6-7)8-2-3-9(16(17)18)11-10(8)13-19-14-11/h2-3,7,12H,4-6H2,1H3. The van der Waals surface area contributed by atoms with Gasteiger partial charge in [-0.2, -0.15) is 0 Å². The number of likely N-dealkylation sites (N-methyl/N-ethyl adjacent to an activating group) is 1. The predicted molar refractivity (Wildman–Crippen MR) is 68.1 cm³/mol. The highest BCUT2D eigenvalue weighted by Crippen LogP contribution is 2.32. The predicted octanol–water partition coefficient (Wildman–Crippen LogP) is 0.929. The molecule has 0 bridgehead atoms. The topological polar surface area (TPSA) is 97.3 Å². The molecule has 1 saturated heterocycles. The van der Waals surface area contributed by atoms with Gasteiger partial charge in [0.05, 0.1) is 10.6 Å². The highest BCUT2D eigenvalue weighted by molar-refractivity contribution is 5.93. The van der Waals surface area contributed by atoms with Gasteiger partial charge in [-0.3, -0.25) is 10.1 Å². The number of nitrogens with one attached hydrogen (secondary N) is 1. The first kappa shape index (κ1) is 11.8. The van der Waals surface area contributed by atoms with Gasteiger partial charge in [-0.1, -0.05) is 0 Å². The zero-order valence-corrected chi connectivity index (χ0v) is 10.4. The molecule has 1 aliphatic rings. The Morgan fingerprint density at radius 1 is 1.47 bits per heavy atom. The molecule has 2 aromatic rings. The molecule has 8 nitrogen and oxygen atoms in total. The van der Waals surface area contributed by atoms with Crippen LogP contribution in [0.4, 0.5) is 11.4 Å². The van der Waals surface area contributed by atoms with Crippen molar-refractivity contribution in [2.75, 3.05) is 25.0 Å². The van der Waals surface area contributed by atoms with E-state index in [1.54, 1.807) is 6.07 Å². The largest absolute Gasteiger partial charge is 0.368 e. The number of fused-ring (bicyclic) bond motifs is 1. The molecule has 0 radical (unpaired) electrons. The number of aromatic nitrogens is 2. The minimum Gasteiger partial charge on any atom is -0.368 e. The molecular formula is C11H13N5O3. The van der Waals surface area contributed by atoms with Crippen LogP contribution in [0, 0.1) is 10.1 Å². The summed E-state index contributed by atoms with van der Waals surface area (Å²) in [6.07, 6.45) is 1.03. The number of non-ortho nitro benzene ring substituents is 1. The van der Waals surface area contributed by atoms with Crippen LogP contribution in [0.2, 0.25) is 0 Å². The Hall–Kier alpha value is -2.22. The van der Waals surface area contributed by atoms with Gasteiger partial charge >= 0.3 is 5.69 Å². The van der Waals surface area contributed by atoms with Crippen LogP contribution in [0.3, 0.4) is 0 Å². The van der Waals surface area contributed by atoms with Crippen LogP contribution < -0.4 is 10.2 Å². The van der Waals surface area contributed by atoms with Crippen molar-refractivity contribution >= 4 is 22.4 Å². The summed E-state index contributed by atoms with van der Waals surface area (Å²) >= 11 is 0. The first-order valence-electron chi connectivity index (χ1n) is 6.02. The molecule has 2 heterocycles. The Labute approximate surface area is 108 Å². The van der Waals surface area contributed by atoms with Gasteiger partial charge in [0.15, 0.2) is 5.52 Å². The summed E-state index contributed by atoms with van der Waals surface area (Å²) in [5, 5.41) is 21.6. The minimum atomic E-state index is -0.475. The van der Waals surface area contributed by atoms with Crippen molar-refractivity contribution in [3.8, 4) is 0 Å². The second kappa shape index (κ2) is 4.47. The molecule has 8 heteroatoms. The van der Waals surface area contributed by atoms with Crippen molar-refractivity contribution in [2.24, 2.45) is 0 Å². The summed E-state index contributed by atoms with van der Waals surface area (Å²) in [5.74, 6) is 0. The molecule has 0 amide bonds. The lowest BCUT2D eigenvalue weighted by Gasteiger charge is -2.18. The lowest BCUT2D eigenvalue weighted by Crippen LogP contribution is -2.29. The molecule has 1 fully saturated rings. The Balaban J connectivity index is 2.04. The fourth-order valence-electron chi connectivity index (χ4n) is 2.46. The normalized spacial score (nSPS) is 19.2. The highest BCUT2D eigenvalue weighted by Gasteiger charge is 2.26. The van der Waals surface area contributed by atoms with Crippen LogP contribution in [0.25, 0.3) is 11.0 Å². The van der Waals surface area contributed by atoms with Crippen LogP contribution in [-0.4, -0.2) is 41.4 Å². The molecule has 1 aromatic heterocycles. The van der Waals surface area contributed by atoms with Crippen molar-refractivity contribution in [3.05, 3.63) is 22.2 Å². The third-order valence-corrected chi connectivity index (χ3v) is 3.51. The van der Waals surface area contributed by atoms with Gasteiger partial charge in [0.2, 0.25) is 5.52 Å². The maximum Gasteiger partial charge on any atom is 0.300 e. The third-order valence-electron chi connectivity index (χ3n) is 3.51. The zero-order chi connectivity index (χ0) is 13.4. The summed E-state index contributed by atoms with van der Waals surface area (Å²) in [5.41, 5.74) is 1.41. The van der Waals surface area contributed by atoms with Crippen LogP contribution in [0.15, 0.2) is 16.8 Å². The van der Waals surface area contributed by atoms with Gasteiger partial charge in [-0.05, 0) is 29.8 Å². The summed E-state index contributed by atoms with van der Waals surface area (Å²) < 4.78 is 4.66. The molecular weight excluding hydrogens is 250 g/mol. The first-order valence-corrected chi connectivity index (χ1v) is 6.02. The number of anilines is 1. The number of hydrogen-bond donors (Lipinski definition) is 1. The monoisotopic (exact) mass is 263 g/mol. The number of benzene rings is 1. The first-order chi connectivity index (χ1) is 9.20. The van der Waals surface area contributed by atoms with Crippen molar-refractivity contribution in [1.82, 2.24) is 15.6 Å². The lowest BCUT2D eigenvalue weighted by atomic mass is 10.2. The summed E-state index contributed by atoms with van der Waals surface area (Å²) in [4.78, 5) is 12.6. The Kier molecular flexibility index (Phi) is 2.79. The second-order valence-electron chi connectivity index (χ2n) is 4.54. The van der Waals surface area contributed by atoms with Gasteiger partial charge in [0, 0.05) is 25.2 Å². The van der Waals surface area contributed by atoms with E-state index in [1.165, 1.54) is 6.07 Å². The zero-order valence-electron chi connectivity index (χ0n) is 10.4. The van der Waals surface area contributed by atoms with Crippen molar-refractivity contribution in [2.45, 2.75) is 12.5 Å². The van der Waals surface area contributed by atoms with E-state index in [1.807, 2.05) is 7.05 Å². The lowest BCUT2D eigenvalue weighted by molar-refractivity contribution is -0.383. The number of hydrogen-bond acceptors (Lipinski definition) is 7. The molecule has 0 spiro atoms. The summed E-state index contributed by atoms with van der Waals surface area (Å²) in [6.45, 7) is 1.72. The fraction of sp³-hybridized carbons (Fsp3) is 0.455. The molecule has 1 N–H and O–H groups in total. The van der Waals surface area contributed by atoms with E-state index in [2.05, 4.69) is 25.2 Å². The van der Waals surface area contributed by atoms with E-state index in [4.69, 9.17) is 0 Å². The Bertz CT molecular complexity index is 626. The van der Waals surface area contributed by atoms with E-state index < -0.39 is 4.92 Å². The Morgan fingerprint density at radius 3 is 2.95 bits per heavy atom. The second-order valence-corrected chi connectivity index (χ2v) is 4.54. The van der Waals surface area contributed by atoms with Crippen LogP contribution in [-0.2, 0) is 0 Å². The summed E-state index contributed by atoms with van der Waals surface area (Å²) in [6, 6.07) is 3.59. The molecule has 100 valence electrons. The molecule has 0 aliphatic carbocycles. The number of nitro groups is 1. The van der Waals surface area contributed by atoms with Gasteiger partial charge < -0.3 is 10.2 Å². The molecule has 1 aliphatic heterocycles. The molecule has 1 unspecified atom stereocenters. The van der Waals surface area contributed by atoms with Gasteiger partial charge in [-0.15, -0.1) is 0 Å². The fourth-order valence-corrected chi connectivity index (χ4v) is 2.46. The number of nitrogens with zero attached hydrogens (tertiary/aromatic N) is 4. The van der Waals surface area contributed by atoms with E-state index in [9.17, 15) is 10.1 Å². The van der Waals surface area contributed by atoms with Crippen molar-refractivity contribution < 1.29 is 9.55 Å².